The molecular formula is C20H22N4O8. The number of benzene rings is 1. The zero-order valence-electron chi connectivity index (χ0n) is 17.2. The lowest BCUT2D eigenvalue weighted by molar-refractivity contribution is -0.383. The van der Waals surface area contributed by atoms with Crippen LogP contribution in [-0.4, -0.2) is 69.7 Å². The van der Waals surface area contributed by atoms with Gasteiger partial charge >= 0.3 is 5.97 Å². The molecule has 2 aromatic rings. The fraction of sp³-hybridized carbons (Fsp3) is 0.400. The molecule has 2 amide bonds. The number of rotatable bonds is 8. The number of hydrogen-bond donors (Lipinski definition) is 2. The van der Waals surface area contributed by atoms with E-state index < -0.39 is 48.2 Å². The number of ether oxygens (including phenoxy) is 2. The maximum Gasteiger partial charge on any atom is 0.331 e. The summed E-state index contributed by atoms with van der Waals surface area (Å²) in [5.41, 5.74) is 0.117. The number of carbonyl (C=O) groups excluding carboxylic acids is 3. The molecule has 1 fully saturated rings. The van der Waals surface area contributed by atoms with E-state index >= 15 is 0 Å². The summed E-state index contributed by atoms with van der Waals surface area (Å²) in [4.78, 5) is 52.4. The van der Waals surface area contributed by atoms with Gasteiger partial charge in [0.25, 0.3) is 5.69 Å². The molecule has 1 aromatic carbocycles. The van der Waals surface area contributed by atoms with Crippen LogP contribution in [0.3, 0.4) is 0 Å². The minimum Gasteiger partial charge on any atom is -0.455 e. The third-order valence-corrected chi connectivity index (χ3v) is 4.99. The maximum absolute atomic E-state index is 12.6. The number of esters is 1. The van der Waals surface area contributed by atoms with Crippen molar-refractivity contribution in [1.82, 2.24) is 15.2 Å². The van der Waals surface area contributed by atoms with Crippen LogP contribution in [0.25, 0.3) is 10.9 Å². The number of nitrogens with one attached hydrogen (secondary N) is 1. The summed E-state index contributed by atoms with van der Waals surface area (Å²) in [6.45, 7) is 0.419. The number of aliphatic hydroxyl groups is 1. The Kier molecular flexibility index (Phi) is 7.15. The number of amides is 2. The molecule has 12 heteroatoms. The Hall–Kier alpha value is -3.80. The van der Waals surface area contributed by atoms with Gasteiger partial charge in [-0.25, -0.2) is 4.79 Å². The van der Waals surface area contributed by atoms with E-state index in [1.165, 1.54) is 36.2 Å². The predicted molar refractivity (Wildman–Crippen MR) is 109 cm³/mol. The first-order valence-electron chi connectivity index (χ1n) is 9.83. The SMILES string of the molecule is CC(=O)N[C@@H](CO)C(=O)N1CCCC1C(=O)OCOc1ccc([N+](=O)[O-])c2cccnc12. The topological polar surface area (TPSA) is 161 Å². The zero-order valence-corrected chi connectivity index (χ0v) is 17.2. The lowest BCUT2D eigenvalue weighted by atomic mass is 10.1. The number of pyridine rings is 1. The highest BCUT2D eigenvalue weighted by atomic mass is 16.7. The van der Waals surface area contributed by atoms with Gasteiger partial charge in [-0.15, -0.1) is 0 Å². The molecule has 0 bridgehead atoms. The lowest BCUT2D eigenvalue weighted by Crippen LogP contribution is -2.53. The van der Waals surface area contributed by atoms with Crippen molar-refractivity contribution < 1.29 is 33.9 Å². The van der Waals surface area contributed by atoms with E-state index in [1.807, 2.05) is 0 Å². The largest absolute Gasteiger partial charge is 0.455 e. The molecule has 0 aliphatic carbocycles. The number of likely N-dealkylation sites (tertiary alicyclic amines) is 1. The van der Waals surface area contributed by atoms with Gasteiger partial charge in [-0.2, -0.15) is 0 Å². The van der Waals surface area contributed by atoms with Gasteiger partial charge in [-0.1, -0.05) is 0 Å². The van der Waals surface area contributed by atoms with E-state index in [9.17, 15) is 29.6 Å². The highest BCUT2D eigenvalue weighted by molar-refractivity contribution is 5.92. The van der Waals surface area contributed by atoms with Crippen molar-refractivity contribution in [2.75, 3.05) is 19.9 Å². The standard InChI is InChI=1S/C20H22N4O8/c1-12(26)22-14(10-25)19(27)23-9-3-5-16(23)20(28)32-11-31-17-7-6-15(24(29)30)13-4-2-8-21-18(13)17/h2,4,6-8,14,16,25H,3,5,9-11H2,1H3,(H,22,26)/t14-,16?/m0/s1. The molecular weight excluding hydrogens is 424 g/mol. The molecule has 1 aliphatic rings. The fourth-order valence-corrected chi connectivity index (χ4v) is 3.56. The van der Waals surface area contributed by atoms with Crippen molar-refractivity contribution in [3.05, 3.63) is 40.6 Å². The zero-order chi connectivity index (χ0) is 23.3. The molecule has 0 radical (unpaired) electrons. The molecule has 1 saturated heterocycles. The second kappa shape index (κ2) is 10.0. The van der Waals surface area contributed by atoms with Crippen LogP contribution in [0, 0.1) is 10.1 Å². The summed E-state index contributed by atoms with van der Waals surface area (Å²) in [7, 11) is 0. The Balaban J connectivity index is 1.65. The van der Waals surface area contributed by atoms with Crippen LogP contribution >= 0.6 is 0 Å². The summed E-state index contributed by atoms with van der Waals surface area (Å²) in [5, 5.41) is 23.2. The van der Waals surface area contributed by atoms with Gasteiger partial charge in [0.15, 0.2) is 0 Å². The Labute approximate surface area is 182 Å². The fourth-order valence-electron chi connectivity index (χ4n) is 3.56. The molecule has 2 heterocycles. The number of aromatic nitrogens is 1. The Morgan fingerprint density at radius 2 is 2.16 bits per heavy atom. The Morgan fingerprint density at radius 1 is 1.38 bits per heavy atom. The van der Waals surface area contributed by atoms with Crippen LogP contribution in [0.1, 0.15) is 19.8 Å². The summed E-state index contributed by atoms with van der Waals surface area (Å²) in [6, 6.07) is 3.72. The number of nitro groups is 1. The summed E-state index contributed by atoms with van der Waals surface area (Å²) < 4.78 is 10.6. The minimum atomic E-state index is -1.14. The first-order chi connectivity index (χ1) is 15.3. The van der Waals surface area contributed by atoms with Crippen molar-refractivity contribution in [2.45, 2.75) is 31.8 Å². The van der Waals surface area contributed by atoms with Gasteiger partial charge in [0, 0.05) is 25.7 Å². The molecule has 1 unspecified atom stereocenters. The molecule has 3 rings (SSSR count). The molecule has 1 aliphatic heterocycles. The average Bonchev–Trinajstić information content (AvgIpc) is 3.26. The van der Waals surface area contributed by atoms with Crippen molar-refractivity contribution in [3.8, 4) is 5.75 Å². The minimum absolute atomic E-state index is 0.129. The van der Waals surface area contributed by atoms with Crippen LogP contribution < -0.4 is 10.1 Å². The van der Waals surface area contributed by atoms with Crippen molar-refractivity contribution in [2.24, 2.45) is 0 Å². The van der Waals surface area contributed by atoms with Gasteiger partial charge in [-0.3, -0.25) is 24.7 Å². The molecule has 2 N–H and O–H groups in total. The molecule has 0 saturated carbocycles. The van der Waals surface area contributed by atoms with Gasteiger partial charge in [0.2, 0.25) is 18.6 Å². The summed E-state index contributed by atoms with van der Waals surface area (Å²) in [6.07, 6.45) is 2.38. The van der Waals surface area contributed by atoms with Crippen LogP contribution in [0.15, 0.2) is 30.5 Å². The second-order valence-electron chi connectivity index (χ2n) is 7.09. The van der Waals surface area contributed by atoms with E-state index in [2.05, 4.69) is 10.3 Å². The van der Waals surface area contributed by atoms with Gasteiger partial charge in [-0.05, 0) is 31.0 Å². The van der Waals surface area contributed by atoms with Crippen molar-refractivity contribution in [1.29, 1.82) is 0 Å². The van der Waals surface area contributed by atoms with Crippen molar-refractivity contribution >= 4 is 34.4 Å². The first-order valence-corrected chi connectivity index (χ1v) is 9.83. The van der Waals surface area contributed by atoms with E-state index in [-0.39, 0.29) is 28.9 Å². The molecule has 12 nitrogen and oxygen atoms in total. The van der Waals surface area contributed by atoms with Crippen LogP contribution in [0.4, 0.5) is 5.69 Å². The number of non-ortho nitro benzene ring substituents is 1. The smallest absolute Gasteiger partial charge is 0.331 e. The average molecular weight is 446 g/mol. The predicted octanol–water partition coefficient (Wildman–Crippen LogP) is 0.511. The number of fused-ring (bicyclic) bond motifs is 1. The number of carbonyl (C=O) groups is 3. The van der Waals surface area contributed by atoms with E-state index in [4.69, 9.17) is 9.47 Å². The lowest BCUT2D eigenvalue weighted by Gasteiger charge is -2.27. The third-order valence-electron chi connectivity index (χ3n) is 4.99. The monoisotopic (exact) mass is 446 g/mol. The third kappa shape index (κ3) is 4.91. The molecule has 170 valence electrons. The number of nitrogens with zero attached hydrogens (tertiary/aromatic N) is 3. The molecule has 2 atom stereocenters. The second-order valence-corrected chi connectivity index (χ2v) is 7.09. The quantitative estimate of drug-likeness (QED) is 0.255. The van der Waals surface area contributed by atoms with Gasteiger partial charge in [0.05, 0.1) is 16.9 Å². The summed E-state index contributed by atoms with van der Waals surface area (Å²) >= 11 is 0. The normalized spacial score (nSPS) is 16.4. The Morgan fingerprint density at radius 3 is 2.84 bits per heavy atom. The Bertz CT molecular complexity index is 1040. The number of aliphatic hydroxyl groups excluding tert-OH is 1. The van der Waals surface area contributed by atoms with E-state index in [0.717, 1.165) is 0 Å². The van der Waals surface area contributed by atoms with E-state index in [1.54, 1.807) is 6.07 Å². The highest BCUT2D eigenvalue weighted by Crippen LogP contribution is 2.31. The molecule has 1 aromatic heterocycles. The number of hydrogen-bond acceptors (Lipinski definition) is 9. The van der Waals surface area contributed by atoms with Gasteiger partial charge < -0.3 is 24.8 Å². The molecule has 32 heavy (non-hydrogen) atoms. The summed E-state index contributed by atoms with van der Waals surface area (Å²) in [5.74, 6) is -1.56. The number of nitro benzene ring substituents is 1. The maximum atomic E-state index is 12.6. The van der Waals surface area contributed by atoms with Gasteiger partial charge in [0.1, 0.15) is 23.3 Å². The highest BCUT2D eigenvalue weighted by Gasteiger charge is 2.38. The molecule has 0 spiro atoms. The van der Waals surface area contributed by atoms with Crippen molar-refractivity contribution in [3.63, 3.8) is 0 Å². The van der Waals surface area contributed by atoms with E-state index in [0.29, 0.717) is 12.8 Å². The first kappa shape index (κ1) is 22.9. The van der Waals surface area contributed by atoms with Crippen LogP contribution in [0.5, 0.6) is 5.75 Å². The van der Waals surface area contributed by atoms with Crippen LogP contribution in [0.2, 0.25) is 0 Å². The van der Waals surface area contributed by atoms with Crippen LogP contribution in [-0.2, 0) is 19.1 Å².